The molecule has 1 fully saturated rings. The summed E-state index contributed by atoms with van der Waals surface area (Å²) in [4.78, 5) is 98.6. The van der Waals surface area contributed by atoms with Gasteiger partial charge in [0.05, 0.1) is 42.5 Å². The third-order valence-corrected chi connectivity index (χ3v) is 11.8. The molecule has 3 rings (SSSR count). The third kappa shape index (κ3) is 16.4. The maximum atomic E-state index is 13.9. The van der Waals surface area contributed by atoms with Crippen molar-refractivity contribution < 1.29 is 47.3 Å². The highest BCUT2D eigenvalue weighted by Gasteiger charge is 2.38. The SMILES string of the molecule is CCCCCCCC(OP(=O)(O)O[C@H](C)[C@H](CC(=O)[C@H](C)NC(=O)[C@@H](CC(=O)[C@H](CC(C)C)NC(=O)C1CCCN1C(C)=O)Cc1cnc[nH]1)C(N)=O)c1ccccc1. The highest BCUT2D eigenvalue weighted by molar-refractivity contribution is 7.47. The van der Waals surface area contributed by atoms with Gasteiger partial charge in [-0.05, 0) is 51.0 Å². The van der Waals surface area contributed by atoms with Crippen LogP contribution in [0.1, 0.15) is 130 Å². The number of carbonyl (C=O) groups excluding carboxylic acids is 6. The zero-order valence-corrected chi connectivity index (χ0v) is 36.3. The normalized spacial score (nSPS) is 18.2. The molecular weight excluding hydrogens is 779 g/mol. The Bertz CT molecular complexity index is 1720. The van der Waals surface area contributed by atoms with Crippen molar-refractivity contribution in [3.8, 4) is 0 Å². The summed E-state index contributed by atoms with van der Waals surface area (Å²) < 4.78 is 24.4. The summed E-state index contributed by atoms with van der Waals surface area (Å²) in [6.45, 7) is 10.6. The van der Waals surface area contributed by atoms with E-state index in [1.807, 2.05) is 19.9 Å². The molecule has 328 valence electrons. The highest BCUT2D eigenvalue weighted by atomic mass is 31.2. The summed E-state index contributed by atoms with van der Waals surface area (Å²) >= 11 is 0. The molecule has 16 nitrogen and oxygen atoms in total. The zero-order valence-electron chi connectivity index (χ0n) is 35.4. The van der Waals surface area contributed by atoms with E-state index in [9.17, 15) is 38.2 Å². The van der Waals surface area contributed by atoms with Crippen molar-refractivity contribution in [2.75, 3.05) is 6.54 Å². The minimum absolute atomic E-state index is 0.00995. The first-order valence-electron chi connectivity index (χ1n) is 20.9. The van der Waals surface area contributed by atoms with E-state index in [2.05, 4.69) is 27.5 Å². The predicted molar refractivity (Wildman–Crippen MR) is 221 cm³/mol. The van der Waals surface area contributed by atoms with Crippen LogP contribution in [0.4, 0.5) is 0 Å². The average Bonchev–Trinajstić information content (AvgIpc) is 3.89. The molecule has 0 spiro atoms. The van der Waals surface area contributed by atoms with E-state index >= 15 is 0 Å². The Morgan fingerprint density at radius 1 is 0.983 bits per heavy atom. The molecule has 1 aromatic carbocycles. The molecule has 2 heterocycles. The number of likely N-dealkylation sites (tertiary alicyclic amines) is 1. The Balaban J connectivity index is 1.69. The number of nitrogens with zero attached hydrogens (tertiary/aromatic N) is 2. The van der Waals surface area contributed by atoms with Gasteiger partial charge in [-0.2, -0.15) is 0 Å². The molecule has 17 heteroatoms. The van der Waals surface area contributed by atoms with Gasteiger partial charge in [0.15, 0.2) is 11.6 Å². The van der Waals surface area contributed by atoms with Crippen molar-refractivity contribution in [2.45, 2.75) is 149 Å². The molecule has 3 unspecified atom stereocenters. The Morgan fingerprint density at radius 2 is 1.68 bits per heavy atom. The number of phosphoric ester groups is 1. The van der Waals surface area contributed by atoms with Gasteiger partial charge >= 0.3 is 7.82 Å². The van der Waals surface area contributed by atoms with E-state index in [-0.39, 0.29) is 30.4 Å². The van der Waals surface area contributed by atoms with Crippen LogP contribution >= 0.6 is 7.82 Å². The molecule has 1 aliphatic heterocycles. The zero-order chi connectivity index (χ0) is 43.7. The summed E-state index contributed by atoms with van der Waals surface area (Å²) in [6, 6.07) is 6.23. The number of benzene rings is 1. The Kier molecular flexibility index (Phi) is 20.1. The number of nitrogens with one attached hydrogen (secondary N) is 3. The van der Waals surface area contributed by atoms with Crippen molar-refractivity contribution in [1.29, 1.82) is 0 Å². The smallest absolute Gasteiger partial charge is 0.369 e. The molecule has 1 saturated heterocycles. The molecule has 0 aliphatic carbocycles. The molecule has 1 aliphatic rings. The second-order valence-corrected chi connectivity index (χ2v) is 17.5. The summed E-state index contributed by atoms with van der Waals surface area (Å²) in [5.41, 5.74) is 6.93. The summed E-state index contributed by atoms with van der Waals surface area (Å²) in [5, 5.41) is 5.50. The maximum absolute atomic E-state index is 13.9. The van der Waals surface area contributed by atoms with Gasteiger partial charge in [0, 0.05) is 44.6 Å². The van der Waals surface area contributed by atoms with Crippen molar-refractivity contribution >= 4 is 43.0 Å². The van der Waals surface area contributed by atoms with Gasteiger partial charge in [0.2, 0.25) is 23.6 Å². The molecular formula is C42H65N6O10P. The number of carbonyl (C=O) groups is 6. The fraction of sp³-hybridized carbons (Fsp3) is 0.643. The van der Waals surface area contributed by atoms with Gasteiger partial charge in [-0.15, -0.1) is 0 Å². The number of ketones is 2. The van der Waals surface area contributed by atoms with Gasteiger partial charge < -0.3 is 31.1 Å². The van der Waals surface area contributed by atoms with Crippen molar-refractivity contribution in [3.63, 3.8) is 0 Å². The topological polar surface area (TPSA) is 240 Å². The van der Waals surface area contributed by atoms with Crippen LogP contribution in [-0.4, -0.2) is 85.7 Å². The number of rotatable bonds is 27. The van der Waals surface area contributed by atoms with Crippen molar-refractivity contribution in [3.05, 3.63) is 54.1 Å². The number of amides is 4. The highest BCUT2D eigenvalue weighted by Crippen LogP contribution is 2.51. The van der Waals surface area contributed by atoms with Crippen LogP contribution in [-0.2, 0) is 48.8 Å². The number of Topliss-reactive ketones (excluding diaryl/α,β-unsaturated/α-hetero) is 2. The van der Waals surface area contributed by atoms with Gasteiger partial charge in [-0.3, -0.25) is 37.8 Å². The fourth-order valence-corrected chi connectivity index (χ4v) is 8.55. The van der Waals surface area contributed by atoms with Crippen molar-refractivity contribution in [1.82, 2.24) is 25.5 Å². The van der Waals surface area contributed by atoms with E-state index < -0.39 is 79.9 Å². The molecule has 59 heavy (non-hydrogen) atoms. The Hall–Kier alpha value is -4.24. The first kappa shape index (κ1) is 49.1. The van der Waals surface area contributed by atoms with Crippen LogP contribution in [0.2, 0.25) is 0 Å². The van der Waals surface area contributed by atoms with Crippen LogP contribution in [0.5, 0.6) is 0 Å². The van der Waals surface area contributed by atoms with E-state index in [0.29, 0.717) is 43.5 Å². The van der Waals surface area contributed by atoms with E-state index in [0.717, 1.165) is 32.1 Å². The lowest BCUT2D eigenvalue weighted by Gasteiger charge is -2.27. The van der Waals surface area contributed by atoms with Crippen LogP contribution in [0.3, 0.4) is 0 Å². The van der Waals surface area contributed by atoms with Gasteiger partial charge in [0.1, 0.15) is 6.04 Å². The number of hydrogen-bond acceptors (Lipinski definition) is 10. The number of H-pyrrole nitrogens is 1. The van der Waals surface area contributed by atoms with Crippen LogP contribution in [0, 0.1) is 17.8 Å². The summed E-state index contributed by atoms with van der Waals surface area (Å²) in [6.07, 6.45) is 6.90. The number of nitrogens with two attached hydrogens (primary N) is 1. The average molecular weight is 845 g/mol. The second-order valence-electron chi connectivity index (χ2n) is 16.1. The number of imidazole rings is 1. The lowest BCUT2D eigenvalue weighted by Crippen LogP contribution is -2.51. The molecule has 2 aromatic rings. The lowest BCUT2D eigenvalue weighted by atomic mass is 9.89. The molecule has 0 saturated carbocycles. The molecule has 0 bridgehead atoms. The van der Waals surface area contributed by atoms with Crippen molar-refractivity contribution in [2.24, 2.45) is 23.5 Å². The van der Waals surface area contributed by atoms with Gasteiger partial charge in [-0.25, -0.2) is 9.55 Å². The largest absolute Gasteiger partial charge is 0.473 e. The minimum atomic E-state index is -4.78. The molecule has 1 aromatic heterocycles. The first-order valence-corrected chi connectivity index (χ1v) is 22.4. The second kappa shape index (κ2) is 24.1. The van der Waals surface area contributed by atoms with Gasteiger partial charge in [-0.1, -0.05) is 83.2 Å². The van der Waals surface area contributed by atoms with E-state index in [1.165, 1.54) is 38.2 Å². The first-order chi connectivity index (χ1) is 27.9. The Morgan fingerprint density at radius 3 is 2.29 bits per heavy atom. The fourth-order valence-electron chi connectivity index (χ4n) is 7.38. The third-order valence-electron chi connectivity index (χ3n) is 10.7. The summed E-state index contributed by atoms with van der Waals surface area (Å²) in [7, 11) is -4.78. The molecule has 0 radical (unpaired) electrons. The molecule has 6 N–H and O–H groups in total. The number of unbranched alkanes of at least 4 members (excludes halogenated alkanes) is 4. The molecule has 4 amide bonds. The van der Waals surface area contributed by atoms with Crippen LogP contribution in [0.15, 0.2) is 42.9 Å². The monoisotopic (exact) mass is 844 g/mol. The number of hydrogen-bond donors (Lipinski definition) is 5. The number of primary amides is 1. The number of aromatic nitrogens is 2. The van der Waals surface area contributed by atoms with E-state index in [4.69, 9.17) is 14.8 Å². The lowest BCUT2D eigenvalue weighted by molar-refractivity contribution is -0.138. The number of aromatic amines is 1. The van der Waals surface area contributed by atoms with Gasteiger partial charge in [0.25, 0.3) is 0 Å². The standard InChI is InChI=1S/C42H65N6O10P/c1-7-8-9-10-14-19-39(31-16-12-11-13-17-31)58-59(55,56)57-29(5)34(40(43)52)24-37(50)28(4)46-41(53)32(22-33-25-44-26-45-33)23-38(51)35(21-27(2)3)47-42(54)36-18-15-20-48(36)30(6)49/h11-13,16-17,25-29,32,34-36,39H,7-10,14-15,18-24H2,1-6H3,(H2,43,52)(H,44,45)(H,46,53)(H,47,54)(H,55,56)/t28-,29+,32+,34-,35-,36?,39?/m0/s1. The Labute approximate surface area is 348 Å². The quantitative estimate of drug-likeness (QED) is 0.0574. The van der Waals surface area contributed by atoms with Crippen LogP contribution in [0.25, 0.3) is 0 Å². The predicted octanol–water partition coefficient (Wildman–Crippen LogP) is 5.26. The number of phosphoric acid groups is 1. The van der Waals surface area contributed by atoms with Crippen LogP contribution < -0.4 is 16.4 Å². The maximum Gasteiger partial charge on any atom is 0.473 e. The minimum Gasteiger partial charge on any atom is -0.369 e. The molecule has 8 atom stereocenters. The summed E-state index contributed by atoms with van der Waals surface area (Å²) in [5.74, 6) is -5.56. The van der Waals surface area contributed by atoms with E-state index in [1.54, 1.807) is 24.3 Å².